The number of pyridine rings is 2. The molecule has 1 aliphatic carbocycles. The molecule has 0 radical (unpaired) electrons. The van der Waals surface area contributed by atoms with Gasteiger partial charge in [0.05, 0.1) is 26.3 Å². The molecule has 16 heteroatoms. The minimum absolute atomic E-state index is 0.0255. The van der Waals surface area contributed by atoms with Crippen LogP contribution in [0.3, 0.4) is 0 Å². The number of unbranched alkanes of at least 4 members (excludes halogenated alkanes) is 4. The molecule has 4 aliphatic rings. The average Bonchev–Trinajstić information content (AvgIpc) is 3.26. The van der Waals surface area contributed by atoms with Crippen molar-refractivity contribution in [2.75, 3.05) is 83.6 Å². The minimum atomic E-state index is -0.513. The van der Waals surface area contributed by atoms with Gasteiger partial charge < -0.3 is 34.1 Å². The van der Waals surface area contributed by atoms with E-state index in [1.54, 1.807) is 23.6 Å². The van der Waals surface area contributed by atoms with Crippen LogP contribution >= 0.6 is 0 Å². The zero-order valence-corrected chi connectivity index (χ0v) is 39.1. The Bertz CT molecular complexity index is 1830. The maximum atomic E-state index is 12.4. The van der Waals surface area contributed by atoms with Crippen molar-refractivity contribution < 1.29 is 43.0 Å². The summed E-state index contributed by atoms with van der Waals surface area (Å²) < 4.78 is 15.2. The second-order valence-electron chi connectivity index (χ2n) is 17.6. The Labute approximate surface area is 380 Å². The third-order valence-electron chi connectivity index (χ3n) is 11.2. The van der Waals surface area contributed by atoms with E-state index in [9.17, 15) is 28.8 Å². The largest absolute Gasteiger partial charge is 0.465 e. The molecule has 6 rings (SSSR count). The Morgan fingerprint density at radius 1 is 0.734 bits per heavy atom. The van der Waals surface area contributed by atoms with E-state index >= 15 is 0 Å². The van der Waals surface area contributed by atoms with E-state index in [2.05, 4.69) is 33.4 Å². The van der Waals surface area contributed by atoms with E-state index in [0.29, 0.717) is 52.4 Å². The van der Waals surface area contributed by atoms with Crippen LogP contribution in [-0.2, 0) is 70.3 Å². The lowest BCUT2D eigenvalue weighted by Crippen LogP contribution is -2.52. The highest BCUT2D eigenvalue weighted by atomic mass is 16.6. The summed E-state index contributed by atoms with van der Waals surface area (Å²) in [5, 5.41) is 2.93. The first-order valence-corrected chi connectivity index (χ1v) is 23.5. The van der Waals surface area contributed by atoms with Gasteiger partial charge in [0, 0.05) is 56.2 Å². The van der Waals surface area contributed by atoms with Crippen LogP contribution in [-0.4, -0.2) is 145 Å². The smallest absolute Gasteiger partial charge is 0.416 e. The molecule has 1 N–H and O–H groups in total. The number of piperazine rings is 2. The van der Waals surface area contributed by atoms with E-state index in [-0.39, 0.29) is 42.9 Å². The van der Waals surface area contributed by atoms with Crippen molar-refractivity contribution in [3.05, 3.63) is 52.5 Å². The lowest BCUT2D eigenvalue weighted by atomic mass is 9.95. The summed E-state index contributed by atoms with van der Waals surface area (Å²) in [5.74, 6) is 0.0630. The van der Waals surface area contributed by atoms with Gasteiger partial charge >= 0.3 is 18.0 Å². The Kier molecular flexibility index (Phi) is 22.1. The highest BCUT2D eigenvalue weighted by Crippen LogP contribution is 2.28. The predicted molar refractivity (Wildman–Crippen MR) is 244 cm³/mol. The Morgan fingerprint density at radius 2 is 1.38 bits per heavy atom. The topological polar surface area (TPSA) is 181 Å². The normalized spacial score (nSPS) is 16.3. The Morgan fingerprint density at radius 3 is 2.03 bits per heavy atom. The van der Waals surface area contributed by atoms with Crippen molar-refractivity contribution in [3.63, 3.8) is 0 Å². The van der Waals surface area contributed by atoms with Gasteiger partial charge in [-0.2, -0.15) is 0 Å². The third kappa shape index (κ3) is 18.3. The van der Waals surface area contributed by atoms with Crippen LogP contribution in [0.2, 0.25) is 0 Å². The number of nitrogens with one attached hydrogen (secondary N) is 1. The molecule has 16 nitrogen and oxygen atoms in total. The highest BCUT2D eigenvalue weighted by Gasteiger charge is 2.29. The lowest BCUT2D eigenvalue weighted by molar-refractivity contribution is -0.151. The number of aldehydes is 1. The number of carbonyl (C=O) groups excluding carboxylic acids is 6. The van der Waals surface area contributed by atoms with E-state index in [4.69, 9.17) is 19.2 Å². The van der Waals surface area contributed by atoms with Gasteiger partial charge in [-0.25, -0.2) is 9.78 Å². The van der Waals surface area contributed by atoms with Crippen LogP contribution in [0.5, 0.6) is 0 Å². The molecule has 2 aromatic rings. The molecular weight excluding hydrogens is 819 g/mol. The Hall–Kier alpha value is -4.96. The monoisotopic (exact) mass is 892 g/mol. The van der Waals surface area contributed by atoms with Crippen LogP contribution in [0, 0.1) is 0 Å². The number of aromatic nitrogens is 2. The van der Waals surface area contributed by atoms with Crippen molar-refractivity contribution >= 4 is 42.0 Å². The summed E-state index contributed by atoms with van der Waals surface area (Å²) >= 11 is 0. The number of hydrogen-bond acceptors (Lipinski definition) is 13. The number of esters is 2. The van der Waals surface area contributed by atoms with E-state index in [1.807, 2.05) is 26.8 Å². The van der Waals surface area contributed by atoms with Crippen molar-refractivity contribution in [2.24, 2.45) is 0 Å². The lowest BCUT2D eigenvalue weighted by Gasteiger charge is -2.33. The summed E-state index contributed by atoms with van der Waals surface area (Å²) in [6, 6.07) is 8.57. The molecule has 3 amide bonds. The van der Waals surface area contributed by atoms with Gasteiger partial charge in [0.15, 0.2) is 0 Å². The summed E-state index contributed by atoms with van der Waals surface area (Å²) in [4.78, 5) is 85.2. The molecule has 3 aliphatic heterocycles. The number of nitrogens with zero attached hydrogens (tertiary/aromatic N) is 6. The zero-order chi connectivity index (χ0) is 46.3. The SMILES string of the molecule is CC(C)(C)OC(=O)N1CCCc2ccc(CCCCC=O)nc21.CCOC(=O)CN1CCN(CCCCCc2ccc3c(n2)CCCC3)CC1=O.CCOC(=O)CN1CCNCC1=O. The van der Waals surface area contributed by atoms with Crippen molar-refractivity contribution in [1.82, 2.24) is 30.0 Å². The zero-order valence-electron chi connectivity index (χ0n) is 39.1. The van der Waals surface area contributed by atoms with Gasteiger partial charge in [-0.1, -0.05) is 18.6 Å². The van der Waals surface area contributed by atoms with Crippen molar-refractivity contribution in [3.8, 4) is 0 Å². The molecule has 0 bridgehead atoms. The van der Waals surface area contributed by atoms with Gasteiger partial charge in [-0.05, 0) is 141 Å². The summed E-state index contributed by atoms with van der Waals surface area (Å²) in [6.07, 6.45) is 15.0. The molecular formula is C48H73N7O9. The van der Waals surface area contributed by atoms with Crippen LogP contribution < -0.4 is 10.2 Å². The molecule has 2 aromatic heterocycles. The maximum absolute atomic E-state index is 12.4. The molecule has 0 atom stereocenters. The number of anilines is 1. The summed E-state index contributed by atoms with van der Waals surface area (Å²) in [6.45, 7) is 15.1. The number of carbonyl (C=O) groups is 6. The quantitative estimate of drug-likeness (QED) is 0.0967. The molecule has 0 saturated carbocycles. The number of amides is 3. The first-order valence-electron chi connectivity index (χ1n) is 23.5. The van der Waals surface area contributed by atoms with Crippen molar-refractivity contribution in [1.29, 1.82) is 0 Å². The standard InChI is InChI=1S/C22H33N3O3.C18H26N2O3.C8H14N2O3/c1-2-28-22(27)17-25-15-14-24(16-21(25)26)13-7-3-4-9-19-12-11-18-8-5-6-10-20(18)23-19;1-18(2,3)23-17(22)20-12-7-8-14-10-11-15(19-16(14)20)9-5-4-6-13-21;1-2-13-8(12)6-10-4-3-9-5-7(10)11/h11-12H,2-10,13-17H2,1H3;10-11,13H,4-9,12H2,1-3H3;9H,2-6H2,1H3. The number of fused-ring (bicyclic) bond motifs is 2. The van der Waals surface area contributed by atoms with Crippen LogP contribution in [0.25, 0.3) is 0 Å². The number of hydrogen-bond donors (Lipinski definition) is 1. The van der Waals surface area contributed by atoms with E-state index in [0.717, 1.165) is 107 Å². The van der Waals surface area contributed by atoms with Gasteiger partial charge in [0.1, 0.15) is 30.8 Å². The van der Waals surface area contributed by atoms with Gasteiger partial charge in [-0.15, -0.1) is 0 Å². The van der Waals surface area contributed by atoms with Crippen LogP contribution in [0.1, 0.15) is 121 Å². The molecule has 2 saturated heterocycles. The molecule has 0 spiro atoms. The second-order valence-corrected chi connectivity index (χ2v) is 17.6. The third-order valence-corrected chi connectivity index (χ3v) is 11.2. The van der Waals surface area contributed by atoms with Crippen molar-refractivity contribution in [2.45, 2.75) is 130 Å². The van der Waals surface area contributed by atoms with Gasteiger partial charge in [-0.3, -0.25) is 34.0 Å². The summed E-state index contributed by atoms with van der Waals surface area (Å²) in [7, 11) is 0. The minimum Gasteiger partial charge on any atom is -0.465 e. The molecule has 0 unspecified atom stereocenters. The average molecular weight is 892 g/mol. The van der Waals surface area contributed by atoms with E-state index in [1.165, 1.54) is 41.1 Å². The highest BCUT2D eigenvalue weighted by molar-refractivity contribution is 5.88. The first-order chi connectivity index (χ1) is 30.8. The van der Waals surface area contributed by atoms with Crippen LogP contribution in [0.15, 0.2) is 24.3 Å². The maximum Gasteiger partial charge on any atom is 0.416 e. The molecule has 5 heterocycles. The fraction of sp³-hybridized carbons (Fsp3) is 0.667. The van der Waals surface area contributed by atoms with Gasteiger partial charge in [0.2, 0.25) is 11.8 Å². The fourth-order valence-corrected chi connectivity index (χ4v) is 7.88. The fourth-order valence-electron chi connectivity index (χ4n) is 7.88. The number of ether oxygens (including phenoxy) is 3. The second kappa shape index (κ2) is 27.4. The van der Waals surface area contributed by atoms with Gasteiger partial charge in [0.25, 0.3) is 0 Å². The van der Waals surface area contributed by atoms with E-state index < -0.39 is 5.60 Å². The molecule has 0 aromatic carbocycles. The predicted octanol–water partition coefficient (Wildman–Crippen LogP) is 5.04. The number of aryl methyl sites for hydroxylation is 5. The first kappa shape index (κ1) is 51.7. The molecule has 354 valence electrons. The summed E-state index contributed by atoms with van der Waals surface area (Å²) in [5.41, 5.74) is 5.54. The van der Waals surface area contributed by atoms with Crippen LogP contribution in [0.4, 0.5) is 10.6 Å². The number of rotatable bonds is 17. The molecule has 2 fully saturated rings. The molecule has 64 heavy (non-hydrogen) atoms. The Balaban J connectivity index is 0.000000224.